The summed E-state index contributed by atoms with van der Waals surface area (Å²) in [5.41, 5.74) is 1.16. The fourth-order valence-corrected chi connectivity index (χ4v) is 3.37. The molecule has 0 saturated carbocycles. The number of pyridine rings is 1. The predicted molar refractivity (Wildman–Crippen MR) is 90.7 cm³/mol. The number of hydrogen-bond acceptors (Lipinski definition) is 8. The molecule has 25 heavy (non-hydrogen) atoms. The first-order valence-corrected chi connectivity index (χ1v) is 8.36. The molecule has 0 atom stereocenters. The van der Waals surface area contributed by atoms with Crippen molar-refractivity contribution in [2.75, 3.05) is 12.4 Å². The Kier molecular flexibility index (Phi) is 4.70. The van der Waals surface area contributed by atoms with E-state index in [1.54, 1.807) is 12.1 Å². The molecule has 3 aromatic rings. The molecule has 1 N–H and O–H groups in total. The Balaban J connectivity index is 1.84. The summed E-state index contributed by atoms with van der Waals surface area (Å²) in [6.45, 7) is 4.08. The maximum absolute atomic E-state index is 12.4. The van der Waals surface area contributed by atoms with Crippen molar-refractivity contribution in [3.05, 3.63) is 34.5 Å². The number of esters is 1. The Hall–Kier alpha value is -2.88. The highest BCUT2D eigenvalue weighted by Crippen LogP contribution is 2.26. The molecule has 10 heteroatoms. The van der Waals surface area contributed by atoms with E-state index in [-0.39, 0.29) is 11.6 Å². The molecule has 0 fully saturated rings. The van der Waals surface area contributed by atoms with Crippen LogP contribution in [-0.2, 0) is 11.2 Å². The van der Waals surface area contributed by atoms with Crippen molar-refractivity contribution < 1.29 is 14.3 Å². The van der Waals surface area contributed by atoms with Gasteiger partial charge in [-0.1, -0.05) is 13.8 Å². The van der Waals surface area contributed by atoms with E-state index in [1.807, 2.05) is 13.8 Å². The Labute approximate surface area is 147 Å². The molecule has 3 rings (SSSR count). The Morgan fingerprint density at radius 2 is 2.16 bits per heavy atom. The number of methoxy groups -OCH3 is 1. The van der Waals surface area contributed by atoms with Gasteiger partial charge in [-0.15, -0.1) is 16.4 Å². The molecular formula is C15H16N6O3S. The third kappa shape index (κ3) is 3.63. The zero-order valence-corrected chi connectivity index (χ0v) is 14.7. The van der Waals surface area contributed by atoms with Crippen molar-refractivity contribution in [2.45, 2.75) is 20.3 Å². The summed E-state index contributed by atoms with van der Waals surface area (Å²) in [5, 5.41) is 14.1. The van der Waals surface area contributed by atoms with Gasteiger partial charge in [-0.25, -0.2) is 9.78 Å². The van der Waals surface area contributed by atoms with Gasteiger partial charge < -0.3 is 4.74 Å². The van der Waals surface area contributed by atoms with Gasteiger partial charge in [-0.2, -0.15) is 4.52 Å². The number of anilines is 1. The zero-order valence-electron chi connectivity index (χ0n) is 13.9. The topological polar surface area (TPSA) is 111 Å². The van der Waals surface area contributed by atoms with Crippen LogP contribution in [0.1, 0.15) is 39.6 Å². The van der Waals surface area contributed by atoms with Gasteiger partial charge in [0.1, 0.15) is 0 Å². The van der Waals surface area contributed by atoms with Gasteiger partial charge in [0.15, 0.2) is 16.5 Å². The number of rotatable bonds is 5. The van der Waals surface area contributed by atoms with Crippen molar-refractivity contribution in [3.8, 4) is 0 Å². The summed E-state index contributed by atoms with van der Waals surface area (Å²) in [4.78, 5) is 29.3. The summed E-state index contributed by atoms with van der Waals surface area (Å²) in [6.07, 6.45) is 2.20. The predicted octanol–water partition coefficient (Wildman–Crippen LogP) is 1.82. The van der Waals surface area contributed by atoms with Crippen molar-refractivity contribution in [2.24, 2.45) is 5.92 Å². The Morgan fingerprint density at radius 3 is 2.88 bits per heavy atom. The van der Waals surface area contributed by atoms with Gasteiger partial charge in [0.2, 0.25) is 0 Å². The van der Waals surface area contributed by atoms with E-state index in [0.29, 0.717) is 28.7 Å². The number of carbonyl (C=O) groups excluding carboxylic acids is 2. The third-order valence-corrected chi connectivity index (χ3v) is 4.34. The van der Waals surface area contributed by atoms with Crippen molar-refractivity contribution in [3.63, 3.8) is 0 Å². The number of fused-ring (bicyclic) bond motifs is 1. The largest absolute Gasteiger partial charge is 0.464 e. The van der Waals surface area contributed by atoms with Crippen molar-refractivity contribution in [1.82, 2.24) is 25.0 Å². The summed E-state index contributed by atoms with van der Waals surface area (Å²) >= 11 is 1.27. The maximum atomic E-state index is 12.4. The van der Waals surface area contributed by atoms with E-state index in [2.05, 4.69) is 25.8 Å². The lowest BCUT2D eigenvalue weighted by molar-refractivity contribution is 0.0593. The van der Waals surface area contributed by atoms with Gasteiger partial charge in [0, 0.05) is 11.1 Å². The average Bonchev–Trinajstić information content (AvgIpc) is 3.19. The average molecular weight is 360 g/mol. The van der Waals surface area contributed by atoms with Gasteiger partial charge in [-0.3, -0.25) is 10.1 Å². The van der Waals surface area contributed by atoms with Crippen LogP contribution in [0, 0.1) is 5.92 Å². The summed E-state index contributed by atoms with van der Waals surface area (Å²) < 4.78 is 6.17. The molecular weight excluding hydrogens is 344 g/mol. The molecule has 9 nitrogen and oxygen atoms in total. The fraction of sp³-hybridized carbons (Fsp3) is 0.333. The van der Waals surface area contributed by atoms with E-state index in [9.17, 15) is 9.59 Å². The summed E-state index contributed by atoms with van der Waals surface area (Å²) in [7, 11) is 1.31. The monoisotopic (exact) mass is 360 g/mol. The molecule has 0 radical (unpaired) electrons. The molecule has 0 saturated heterocycles. The normalized spacial score (nSPS) is 11.0. The van der Waals surface area contributed by atoms with Gasteiger partial charge in [0.25, 0.3) is 5.91 Å². The third-order valence-electron chi connectivity index (χ3n) is 3.34. The van der Waals surface area contributed by atoms with Crippen LogP contribution in [0.5, 0.6) is 0 Å². The second-order valence-corrected chi connectivity index (χ2v) is 6.82. The molecule has 130 valence electrons. The minimum atomic E-state index is -0.512. The molecule has 3 aromatic heterocycles. The maximum Gasteiger partial charge on any atom is 0.357 e. The summed E-state index contributed by atoms with van der Waals surface area (Å²) in [5.74, 6) is -0.532. The number of carbonyl (C=O) groups is 2. The number of nitrogens with zero attached hydrogens (tertiary/aromatic N) is 5. The molecule has 0 aliphatic rings. The highest BCUT2D eigenvalue weighted by atomic mass is 32.1. The molecule has 0 aliphatic carbocycles. The second-order valence-electron chi connectivity index (χ2n) is 5.73. The number of aromatic nitrogens is 5. The van der Waals surface area contributed by atoms with E-state index < -0.39 is 5.97 Å². The van der Waals surface area contributed by atoms with E-state index in [0.717, 1.165) is 4.88 Å². The van der Waals surface area contributed by atoms with Gasteiger partial charge in [-0.05, 0) is 34.9 Å². The molecule has 0 bridgehead atoms. The first-order chi connectivity index (χ1) is 12.0. The molecule has 0 aromatic carbocycles. The standard InChI is InChI=1S/C15H16N6O3S/c1-8(2)6-10-12(14(23)24-3)16-15(25-10)17-13(22)9-4-5-11-18-19-20-21(11)7-9/h4-5,7-8H,6H2,1-3H3,(H,16,17,22). The van der Waals surface area contributed by atoms with Crippen LogP contribution in [0.2, 0.25) is 0 Å². The van der Waals surface area contributed by atoms with Crippen molar-refractivity contribution in [1.29, 1.82) is 0 Å². The molecule has 0 unspecified atom stereocenters. The lowest BCUT2D eigenvalue weighted by Gasteiger charge is -2.02. The molecule has 1 amide bonds. The molecule has 0 aliphatic heterocycles. The van der Waals surface area contributed by atoms with E-state index >= 15 is 0 Å². The zero-order chi connectivity index (χ0) is 18.0. The Morgan fingerprint density at radius 1 is 1.36 bits per heavy atom. The quantitative estimate of drug-likeness (QED) is 0.691. The highest BCUT2D eigenvalue weighted by molar-refractivity contribution is 7.16. The van der Waals surface area contributed by atoms with E-state index in [4.69, 9.17) is 4.74 Å². The van der Waals surface area contributed by atoms with Crippen LogP contribution >= 0.6 is 11.3 Å². The minimum absolute atomic E-state index is 0.243. The van der Waals surface area contributed by atoms with Crippen LogP contribution in [0.25, 0.3) is 5.65 Å². The summed E-state index contributed by atoms with van der Waals surface area (Å²) in [6, 6.07) is 3.26. The van der Waals surface area contributed by atoms with Crippen LogP contribution in [0.4, 0.5) is 5.13 Å². The lowest BCUT2D eigenvalue weighted by atomic mass is 10.1. The van der Waals surface area contributed by atoms with Crippen LogP contribution < -0.4 is 5.32 Å². The lowest BCUT2D eigenvalue weighted by Crippen LogP contribution is -2.13. The van der Waals surface area contributed by atoms with Crippen LogP contribution in [0.3, 0.4) is 0 Å². The van der Waals surface area contributed by atoms with Gasteiger partial charge in [0.05, 0.1) is 12.7 Å². The van der Waals surface area contributed by atoms with E-state index in [1.165, 1.54) is 29.2 Å². The highest BCUT2D eigenvalue weighted by Gasteiger charge is 2.21. The molecule has 0 spiro atoms. The number of ether oxygens (including phenoxy) is 1. The number of nitrogens with one attached hydrogen (secondary N) is 1. The number of hydrogen-bond donors (Lipinski definition) is 1. The van der Waals surface area contributed by atoms with Crippen molar-refractivity contribution >= 4 is 34.0 Å². The number of tetrazole rings is 1. The number of thiazole rings is 1. The first-order valence-electron chi connectivity index (χ1n) is 7.55. The van der Waals surface area contributed by atoms with Crippen LogP contribution in [-0.4, -0.2) is 44.0 Å². The SMILES string of the molecule is COC(=O)c1nc(NC(=O)c2ccc3nnnn3c2)sc1CC(C)C. The Bertz CT molecular complexity index is 932. The van der Waals surface area contributed by atoms with Gasteiger partial charge >= 0.3 is 5.97 Å². The first kappa shape index (κ1) is 17.0. The number of amides is 1. The van der Waals surface area contributed by atoms with Crippen LogP contribution in [0.15, 0.2) is 18.3 Å². The molecule has 3 heterocycles. The minimum Gasteiger partial charge on any atom is -0.464 e. The second kappa shape index (κ2) is 6.93. The smallest absolute Gasteiger partial charge is 0.357 e. The fourth-order valence-electron chi connectivity index (χ4n) is 2.22.